The average molecular weight is 384 g/mol. The standard InChI is InChI=1S/C22H16N4O3/c1-29-18-7-8-19-20(12-18)25-21(24-19)15(13-23)11-17-6-3-9-26(17)16-5-2-4-14(10-16)22(27)28/h2-12H,1H3,(H,24,25)(H,27,28). The number of H-pyrrole nitrogens is 1. The molecule has 29 heavy (non-hydrogen) atoms. The summed E-state index contributed by atoms with van der Waals surface area (Å²) in [5.74, 6) is 0.150. The van der Waals surface area contributed by atoms with Crippen molar-refractivity contribution < 1.29 is 14.6 Å². The van der Waals surface area contributed by atoms with E-state index in [-0.39, 0.29) is 5.56 Å². The molecule has 2 aromatic heterocycles. The number of aromatic carboxylic acids is 1. The lowest BCUT2D eigenvalue weighted by Gasteiger charge is -2.08. The van der Waals surface area contributed by atoms with Crippen molar-refractivity contribution in [3.63, 3.8) is 0 Å². The third-order valence-corrected chi connectivity index (χ3v) is 4.51. The van der Waals surface area contributed by atoms with Crippen LogP contribution in [-0.2, 0) is 0 Å². The summed E-state index contributed by atoms with van der Waals surface area (Å²) in [6.45, 7) is 0. The number of imidazole rings is 1. The zero-order valence-electron chi connectivity index (χ0n) is 15.5. The van der Waals surface area contributed by atoms with Gasteiger partial charge in [0, 0.05) is 23.6 Å². The van der Waals surface area contributed by atoms with Crippen molar-refractivity contribution in [2.45, 2.75) is 0 Å². The fourth-order valence-corrected chi connectivity index (χ4v) is 3.08. The summed E-state index contributed by atoms with van der Waals surface area (Å²) in [4.78, 5) is 18.9. The number of nitriles is 1. The monoisotopic (exact) mass is 384 g/mol. The smallest absolute Gasteiger partial charge is 0.335 e. The molecule has 0 spiro atoms. The lowest BCUT2D eigenvalue weighted by molar-refractivity contribution is 0.0697. The van der Waals surface area contributed by atoms with Gasteiger partial charge in [-0.1, -0.05) is 6.07 Å². The van der Waals surface area contributed by atoms with Gasteiger partial charge in [0.25, 0.3) is 0 Å². The Labute approximate surface area is 166 Å². The van der Waals surface area contributed by atoms with Crippen LogP contribution in [0.5, 0.6) is 5.75 Å². The number of aromatic nitrogens is 3. The van der Waals surface area contributed by atoms with E-state index in [9.17, 15) is 15.2 Å². The summed E-state index contributed by atoms with van der Waals surface area (Å²) in [6, 6.07) is 17.9. The zero-order chi connectivity index (χ0) is 20.4. The minimum Gasteiger partial charge on any atom is -0.497 e. The average Bonchev–Trinajstić information content (AvgIpc) is 3.38. The minimum atomic E-state index is -0.994. The Hall–Kier alpha value is -4.31. The van der Waals surface area contributed by atoms with E-state index in [0.717, 1.165) is 16.7 Å². The van der Waals surface area contributed by atoms with Gasteiger partial charge in [0.15, 0.2) is 0 Å². The van der Waals surface area contributed by atoms with E-state index in [1.807, 2.05) is 47.2 Å². The first-order valence-corrected chi connectivity index (χ1v) is 8.76. The molecule has 0 aliphatic heterocycles. The van der Waals surface area contributed by atoms with E-state index >= 15 is 0 Å². The maximum absolute atomic E-state index is 11.3. The number of carbonyl (C=O) groups is 1. The SMILES string of the molecule is COc1ccc2nc(C(C#N)=Cc3cccn3-c3cccc(C(=O)O)c3)[nH]c2c1. The van der Waals surface area contributed by atoms with E-state index in [4.69, 9.17) is 4.74 Å². The molecule has 2 N–H and O–H groups in total. The predicted molar refractivity (Wildman–Crippen MR) is 109 cm³/mol. The number of aromatic amines is 1. The number of hydrogen-bond donors (Lipinski definition) is 2. The summed E-state index contributed by atoms with van der Waals surface area (Å²) in [7, 11) is 1.59. The van der Waals surface area contributed by atoms with Crippen molar-refractivity contribution in [1.29, 1.82) is 5.26 Å². The third kappa shape index (κ3) is 3.47. The molecule has 0 saturated heterocycles. The number of benzene rings is 2. The second-order valence-electron chi connectivity index (χ2n) is 6.30. The molecule has 4 rings (SSSR count). The maximum Gasteiger partial charge on any atom is 0.335 e. The summed E-state index contributed by atoms with van der Waals surface area (Å²) >= 11 is 0. The van der Waals surface area contributed by atoms with Gasteiger partial charge >= 0.3 is 5.97 Å². The van der Waals surface area contributed by atoms with Crippen LogP contribution in [0.1, 0.15) is 21.9 Å². The van der Waals surface area contributed by atoms with Gasteiger partial charge in [-0.15, -0.1) is 0 Å². The highest BCUT2D eigenvalue weighted by molar-refractivity contribution is 5.91. The Bertz CT molecular complexity index is 1290. The van der Waals surface area contributed by atoms with E-state index in [1.165, 1.54) is 6.07 Å². The van der Waals surface area contributed by atoms with Crippen molar-refractivity contribution in [3.8, 4) is 17.5 Å². The van der Waals surface area contributed by atoms with E-state index in [0.29, 0.717) is 22.8 Å². The van der Waals surface area contributed by atoms with Gasteiger partial charge < -0.3 is 19.4 Å². The molecule has 0 fully saturated rings. The highest BCUT2D eigenvalue weighted by Crippen LogP contribution is 2.24. The number of hydrogen-bond acceptors (Lipinski definition) is 4. The molecule has 0 radical (unpaired) electrons. The summed E-state index contributed by atoms with van der Waals surface area (Å²) < 4.78 is 7.04. The Morgan fingerprint density at radius 2 is 2.10 bits per heavy atom. The van der Waals surface area contributed by atoms with Gasteiger partial charge in [0.2, 0.25) is 0 Å². The molecular weight excluding hydrogens is 368 g/mol. The van der Waals surface area contributed by atoms with E-state index in [2.05, 4.69) is 16.0 Å². The van der Waals surface area contributed by atoms with Crippen LogP contribution in [0.4, 0.5) is 0 Å². The van der Waals surface area contributed by atoms with Crippen LogP contribution < -0.4 is 4.74 Å². The highest BCUT2D eigenvalue weighted by Gasteiger charge is 2.11. The molecular formula is C22H16N4O3. The first kappa shape index (κ1) is 18.1. The predicted octanol–water partition coefficient (Wildman–Crippen LogP) is 4.12. The van der Waals surface area contributed by atoms with Gasteiger partial charge in [0.05, 0.1) is 29.3 Å². The molecule has 0 atom stereocenters. The molecule has 0 bridgehead atoms. The Kier molecular flexibility index (Phi) is 4.59. The van der Waals surface area contributed by atoms with Gasteiger partial charge in [0.1, 0.15) is 17.6 Å². The number of allylic oxidation sites excluding steroid dienone is 1. The summed E-state index contributed by atoms with van der Waals surface area (Å²) in [6.07, 6.45) is 3.52. The second-order valence-corrected chi connectivity index (χ2v) is 6.30. The van der Waals surface area contributed by atoms with E-state index in [1.54, 1.807) is 25.3 Å². The number of rotatable bonds is 5. The fraction of sp³-hybridized carbons (Fsp3) is 0.0455. The number of nitrogens with one attached hydrogen (secondary N) is 1. The Morgan fingerprint density at radius 3 is 2.86 bits per heavy atom. The van der Waals surface area contributed by atoms with Crippen LogP contribution >= 0.6 is 0 Å². The first-order valence-electron chi connectivity index (χ1n) is 8.76. The molecule has 2 aromatic carbocycles. The molecule has 142 valence electrons. The van der Waals surface area contributed by atoms with Crippen molar-refractivity contribution in [3.05, 3.63) is 77.9 Å². The maximum atomic E-state index is 11.3. The van der Waals surface area contributed by atoms with Crippen molar-refractivity contribution >= 4 is 28.7 Å². The number of fused-ring (bicyclic) bond motifs is 1. The zero-order valence-corrected chi connectivity index (χ0v) is 15.5. The van der Waals surface area contributed by atoms with Crippen LogP contribution in [0.15, 0.2) is 60.8 Å². The van der Waals surface area contributed by atoms with Gasteiger partial charge in [-0.25, -0.2) is 9.78 Å². The Balaban J connectivity index is 1.76. The van der Waals surface area contributed by atoms with Crippen LogP contribution in [-0.4, -0.2) is 32.7 Å². The lowest BCUT2D eigenvalue weighted by Crippen LogP contribution is -2.00. The fourth-order valence-electron chi connectivity index (χ4n) is 3.08. The minimum absolute atomic E-state index is 0.192. The van der Waals surface area contributed by atoms with Gasteiger partial charge in [-0.3, -0.25) is 0 Å². The lowest BCUT2D eigenvalue weighted by atomic mass is 10.2. The number of carboxylic acids is 1. The number of nitrogens with zero attached hydrogens (tertiary/aromatic N) is 3. The molecule has 2 heterocycles. The molecule has 4 aromatic rings. The topological polar surface area (TPSA) is 104 Å². The van der Waals surface area contributed by atoms with Crippen LogP contribution in [0.25, 0.3) is 28.4 Å². The number of ether oxygens (including phenoxy) is 1. The van der Waals surface area contributed by atoms with Crippen molar-refractivity contribution in [2.24, 2.45) is 0 Å². The molecule has 0 unspecified atom stereocenters. The van der Waals surface area contributed by atoms with Crippen molar-refractivity contribution in [2.75, 3.05) is 7.11 Å². The summed E-state index contributed by atoms with van der Waals surface area (Å²) in [5.41, 5.74) is 3.46. The first-order chi connectivity index (χ1) is 14.1. The highest BCUT2D eigenvalue weighted by atomic mass is 16.5. The van der Waals surface area contributed by atoms with Gasteiger partial charge in [-0.05, 0) is 48.5 Å². The van der Waals surface area contributed by atoms with Crippen LogP contribution in [0, 0.1) is 11.3 Å². The molecule has 0 aliphatic carbocycles. The molecule has 7 nitrogen and oxygen atoms in total. The van der Waals surface area contributed by atoms with Gasteiger partial charge in [-0.2, -0.15) is 5.26 Å². The van der Waals surface area contributed by atoms with Crippen LogP contribution in [0.2, 0.25) is 0 Å². The van der Waals surface area contributed by atoms with Crippen LogP contribution in [0.3, 0.4) is 0 Å². The third-order valence-electron chi connectivity index (χ3n) is 4.51. The largest absolute Gasteiger partial charge is 0.497 e. The molecule has 7 heteroatoms. The van der Waals surface area contributed by atoms with Crippen molar-refractivity contribution in [1.82, 2.24) is 14.5 Å². The quantitative estimate of drug-likeness (QED) is 0.504. The second kappa shape index (κ2) is 7.37. The molecule has 0 aliphatic rings. The molecule has 0 saturated carbocycles. The number of carboxylic acid groups (broad SMARTS) is 1. The van der Waals surface area contributed by atoms with E-state index < -0.39 is 5.97 Å². The Morgan fingerprint density at radius 1 is 1.24 bits per heavy atom. The summed E-state index contributed by atoms with van der Waals surface area (Å²) in [5, 5.41) is 18.9. The normalized spacial score (nSPS) is 11.4. The number of methoxy groups -OCH3 is 1. The molecule has 0 amide bonds.